The number of aliphatic imine (C=N–C) groups is 1. The molecular formula is C19H34IN5O3S. The molecule has 1 heterocycles. The van der Waals surface area contributed by atoms with E-state index in [-0.39, 0.29) is 28.9 Å². The first-order valence-corrected chi connectivity index (χ1v) is 11.1. The smallest absolute Gasteiger partial charge is 0.240 e. The predicted molar refractivity (Wildman–Crippen MR) is 127 cm³/mol. The highest BCUT2D eigenvalue weighted by atomic mass is 127. The molecule has 3 N–H and O–H groups in total. The van der Waals surface area contributed by atoms with Crippen LogP contribution in [0, 0.1) is 5.92 Å². The van der Waals surface area contributed by atoms with Crippen molar-refractivity contribution in [1.29, 1.82) is 0 Å². The normalized spacial score (nSPS) is 16.9. The minimum atomic E-state index is -3.41. The molecule has 1 aromatic rings. The standard InChI is InChI=1S/C19H33N5O3S.HI/c1-15(2)18(24-9-11-27-12-10-24)14-23-19(20-3)22-13-16-5-7-17(8-6-16)28(25,26)21-4;/h5-8,15,18,21H,9-14H2,1-4H3,(H2,20,22,23);1H. The average molecular weight is 539 g/mol. The van der Waals surface area contributed by atoms with Crippen molar-refractivity contribution in [2.45, 2.75) is 31.3 Å². The first-order chi connectivity index (χ1) is 13.4. The van der Waals surface area contributed by atoms with E-state index in [1.807, 2.05) is 0 Å². The SMILES string of the molecule is CN=C(NCc1ccc(S(=O)(=O)NC)cc1)NCC(C(C)C)N1CCOCC1.I. The summed E-state index contributed by atoms with van der Waals surface area (Å²) in [7, 11) is -0.256. The van der Waals surface area contributed by atoms with Crippen molar-refractivity contribution in [3.05, 3.63) is 29.8 Å². The van der Waals surface area contributed by atoms with Crippen molar-refractivity contribution in [2.24, 2.45) is 10.9 Å². The number of nitrogens with zero attached hydrogens (tertiary/aromatic N) is 2. The zero-order valence-corrected chi connectivity index (χ0v) is 20.8. The molecule has 1 aliphatic rings. The molecule has 8 nitrogen and oxygen atoms in total. The van der Waals surface area contributed by atoms with E-state index < -0.39 is 10.0 Å². The number of morpholine rings is 1. The number of benzene rings is 1. The molecule has 0 aliphatic carbocycles. The van der Waals surface area contributed by atoms with Gasteiger partial charge in [-0.2, -0.15) is 0 Å². The molecule has 0 aromatic heterocycles. The molecule has 1 saturated heterocycles. The Balaban J connectivity index is 0.00000420. The third-order valence-corrected chi connectivity index (χ3v) is 6.38. The van der Waals surface area contributed by atoms with E-state index in [2.05, 4.69) is 39.1 Å². The van der Waals surface area contributed by atoms with E-state index in [9.17, 15) is 8.42 Å². The van der Waals surface area contributed by atoms with Crippen LogP contribution in [0.3, 0.4) is 0 Å². The summed E-state index contributed by atoms with van der Waals surface area (Å²) in [5.74, 6) is 1.25. The Morgan fingerprint density at radius 2 is 1.79 bits per heavy atom. The van der Waals surface area contributed by atoms with Gasteiger partial charge >= 0.3 is 0 Å². The second kappa shape index (κ2) is 12.7. The van der Waals surface area contributed by atoms with Gasteiger partial charge in [0.15, 0.2) is 5.96 Å². The highest BCUT2D eigenvalue weighted by Gasteiger charge is 2.23. The van der Waals surface area contributed by atoms with Crippen molar-refractivity contribution in [3.8, 4) is 0 Å². The quantitative estimate of drug-likeness (QED) is 0.262. The predicted octanol–water partition coefficient (Wildman–Crippen LogP) is 1.23. The third kappa shape index (κ3) is 8.00. The third-order valence-electron chi connectivity index (χ3n) is 4.95. The van der Waals surface area contributed by atoms with Gasteiger partial charge in [0.1, 0.15) is 0 Å². The lowest BCUT2D eigenvalue weighted by Crippen LogP contribution is -2.52. The van der Waals surface area contributed by atoms with Crippen LogP contribution >= 0.6 is 24.0 Å². The van der Waals surface area contributed by atoms with Crippen LogP contribution < -0.4 is 15.4 Å². The summed E-state index contributed by atoms with van der Waals surface area (Å²) in [5.41, 5.74) is 0.978. The number of hydrogen-bond acceptors (Lipinski definition) is 5. The van der Waals surface area contributed by atoms with Gasteiger partial charge in [-0.1, -0.05) is 26.0 Å². The summed E-state index contributed by atoms with van der Waals surface area (Å²) >= 11 is 0. The molecule has 166 valence electrons. The number of halogens is 1. The van der Waals surface area contributed by atoms with Crippen LogP contribution in [0.2, 0.25) is 0 Å². The largest absolute Gasteiger partial charge is 0.379 e. The zero-order valence-electron chi connectivity index (χ0n) is 17.6. The number of hydrogen-bond donors (Lipinski definition) is 3. The fourth-order valence-electron chi connectivity index (χ4n) is 3.21. The lowest BCUT2D eigenvalue weighted by atomic mass is 10.0. The highest BCUT2D eigenvalue weighted by molar-refractivity contribution is 14.0. The van der Waals surface area contributed by atoms with Crippen molar-refractivity contribution < 1.29 is 13.2 Å². The van der Waals surface area contributed by atoms with Gasteiger partial charge in [-0.15, -0.1) is 24.0 Å². The van der Waals surface area contributed by atoms with Gasteiger partial charge in [0.05, 0.1) is 18.1 Å². The number of rotatable bonds is 8. The van der Waals surface area contributed by atoms with Crippen molar-refractivity contribution in [3.63, 3.8) is 0 Å². The summed E-state index contributed by atoms with van der Waals surface area (Å²) in [6, 6.07) is 7.22. The maximum absolute atomic E-state index is 11.8. The molecule has 1 aliphatic heterocycles. The zero-order chi connectivity index (χ0) is 20.6. The molecule has 0 radical (unpaired) electrons. The Labute approximate surface area is 191 Å². The number of nitrogens with one attached hydrogen (secondary N) is 3. The minimum Gasteiger partial charge on any atom is -0.379 e. The van der Waals surface area contributed by atoms with Gasteiger partial charge in [0.25, 0.3) is 0 Å². The van der Waals surface area contributed by atoms with Crippen LogP contribution in [0.25, 0.3) is 0 Å². The highest BCUT2D eigenvalue weighted by Crippen LogP contribution is 2.12. The molecule has 29 heavy (non-hydrogen) atoms. The Morgan fingerprint density at radius 1 is 1.17 bits per heavy atom. The first-order valence-electron chi connectivity index (χ1n) is 9.66. The average Bonchev–Trinajstić information content (AvgIpc) is 2.71. The van der Waals surface area contributed by atoms with Crippen LogP contribution in [-0.4, -0.2) is 72.3 Å². The lowest BCUT2D eigenvalue weighted by Gasteiger charge is -2.37. The van der Waals surface area contributed by atoms with E-state index in [4.69, 9.17) is 4.74 Å². The number of ether oxygens (including phenoxy) is 1. The molecule has 0 saturated carbocycles. The van der Waals surface area contributed by atoms with Gasteiger partial charge < -0.3 is 15.4 Å². The van der Waals surface area contributed by atoms with E-state index in [0.29, 0.717) is 18.5 Å². The Kier molecular flexibility index (Phi) is 11.4. The fraction of sp³-hybridized carbons (Fsp3) is 0.632. The van der Waals surface area contributed by atoms with Crippen molar-refractivity contribution in [2.75, 3.05) is 46.9 Å². The molecule has 10 heteroatoms. The number of guanidine groups is 1. The van der Waals surface area contributed by atoms with Crippen LogP contribution in [0.1, 0.15) is 19.4 Å². The summed E-state index contributed by atoms with van der Waals surface area (Å²) in [4.78, 5) is 7.02. The first kappa shape index (κ1) is 26.1. The van der Waals surface area contributed by atoms with Gasteiger partial charge in [-0.05, 0) is 30.7 Å². The molecule has 2 rings (SSSR count). The summed E-state index contributed by atoms with van der Waals surface area (Å²) in [6.45, 7) is 9.32. The van der Waals surface area contributed by atoms with E-state index in [0.717, 1.165) is 44.4 Å². The van der Waals surface area contributed by atoms with Gasteiger partial charge in [-0.25, -0.2) is 13.1 Å². The molecule has 1 fully saturated rings. The Morgan fingerprint density at radius 3 is 2.31 bits per heavy atom. The van der Waals surface area contributed by atoms with E-state index in [1.54, 1.807) is 31.3 Å². The monoisotopic (exact) mass is 539 g/mol. The molecular weight excluding hydrogens is 505 g/mol. The Hall–Kier alpha value is -0.950. The van der Waals surface area contributed by atoms with Crippen molar-refractivity contribution in [1.82, 2.24) is 20.3 Å². The molecule has 0 bridgehead atoms. The van der Waals surface area contributed by atoms with Crippen LogP contribution in [0.15, 0.2) is 34.2 Å². The summed E-state index contributed by atoms with van der Waals surface area (Å²) in [5, 5.41) is 6.70. The van der Waals surface area contributed by atoms with E-state index in [1.165, 1.54) is 7.05 Å². The molecule has 1 atom stereocenters. The molecule has 0 spiro atoms. The molecule has 0 amide bonds. The van der Waals surface area contributed by atoms with Gasteiger partial charge in [0, 0.05) is 39.3 Å². The van der Waals surface area contributed by atoms with E-state index >= 15 is 0 Å². The van der Waals surface area contributed by atoms with Crippen LogP contribution in [-0.2, 0) is 21.3 Å². The Bertz CT molecular complexity index is 735. The van der Waals surface area contributed by atoms with Crippen LogP contribution in [0.5, 0.6) is 0 Å². The molecule has 1 aromatic carbocycles. The lowest BCUT2D eigenvalue weighted by molar-refractivity contribution is 0.00752. The van der Waals surface area contributed by atoms with Gasteiger partial charge in [-0.3, -0.25) is 9.89 Å². The maximum atomic E-state index is 11.8. The molecule has 1 unspecified atom stereocenters. The van der Waals surface area contributed by atoms with Gasteiger partial charge in [0.2, 0.25) is 10.0 Å². The minimum absolute atomic E-state index is 0. The fourth-order valence-corrected chi connectivity index (χ4v) is 3.94. The topological polar surface area (TPSA) is 95.1 Å². The van der Waals surface area contributed by atoms with Crippen molar-refractivity contribution >= 4 is 40.0 Å². The summed E-state index contributed by atoms with van der Waals surface area (Å²) in [6.07, 6.45) is 0. The number of sulfonamides is 1. The van der Waals surface area contributed by atoms with Crippen LogP contribution in [0.4, 0.5) is 0 Å². The maximum Gasteiger partial charge on any atom is 0.240 e. The second-order valence-electron chi connectivity index (χ2n) is 7.12. The summed E-state index contributed by atoms with van der Waals surface area (Å²) < 4.78 is 31.4. The second-order valence-corrected chi connectivity index (χ2v) is 9.00.